The number of alkyl halides is 3. The molecule has 2 fully saturated rings. The molecule has 2 aromatic carbocycles. The molecule has 1 saturated heterocycles. The van der Waals surface area contributed by atoms with Gasteiger partial charge in [0.2, 0.25) is 5.91 Å². The van der Waals surface area contributed by atoms with Crippen LogP contribution in [0.15, 0.2) is 30.3 Å². The molecular formula is C27H27F6N3O3. The number of carbonyl (C=O) groups excluding carboxylic acids is 3. The average molecular weight is 556 g/mol. The molecule has 1 saturated carbocycles. The molecule has 0 aromatic heterocycles. The van der Waals surface area contributed by atoms with Crippen molar-refractivity contribution in [1.29, 1.82) is 0 Å². The van der Waals surface area contributed by atoms with Crippen LogP contribution in [0.2, 0.25) is 0 Å². The molecule has 2 aromatic rings. The zero-order valence-corrected chi connectivity index (χ0v) is 21.4. The van der Waals surface area contributed by atoms with Crippen molar-refractivity contribution in [3.63, 3.8) is 0 Å². The van der Waals surface area contributed by atoms with Gasteiger partial charge in [0, 0.05) is 23.2 Å². The lowest BCUT2D eigenvalue weighted by molar-refractivity contribution is -0.137. The maximum atomic E-state index is 15.0. The number of amides is 3. The third kappa shape index (κ3) is 5.74. The van der Waals surface area contributed by atoms with E-state index in [1.165, 1.54) is 11.8 Å². The maximum Gasteiger partial charge on any atom is 0.416 e. The lowest BCUT2D eigenvalue weighted by Gasteiger charge is -2.27. The van der Waals surface area contributed by atoms with Crippen LogP contribution in [0.1, 0.15) is 84.3 Å². The summed E-state index contributed by atoms with van der Waals surface area (Å²) in [6.07, 6.45) is -3.12. The summed E-state index contributed by atoms with van der Waals surface area (Å²) in [7, 11) is 0. The smallest absolute Gasteiger partial charge is 0.347 e. The molecule has 0 bridgehead atoms. The first-order chi connectivity index (χ1) is 18.1. The van der Waals surface area contributed by atoms with E-state index in [1.54, 1.807) is 0 Å². The number of likely N-dealkylation sites (tertiary alicyclic amines) is 1. The Morgan fingerprint density at radius 2 is 1.56 bits per heavy atom. The highest BCUT2D eigenvalue weighted by Gasteiger charge is 2.51. The zero-order chi connectivity index (χ0) is 28.9. The molecule has 2 unspecified atom stereocenters. The van der Waals surface area contributed by atoms with Gasteiger partial charge in [0.15, 0.2) is 0 Å². The van der Waals surface area contributed by atoms with Gasteiger partial charge in [-0.3, -0.25) is 14.4 Å². The van der Waals surface area contributed by atoms with E-state index < -0.39 is 69.6 Å². The molecule has 3 atom stereocenters. The van der Waals surface area contributed by atoms with E-state index in [4.69, 9.17) is 0 Å². The van der Waals surface area contributed by atoms with Crippen LogP contribution in [-0.4, -0.2) is 40.2 Å². The van der Waals surface area contributed by atoms with E-state index in [0.29, 0.717) is 12.1 Å². The Morgan fingerprint density at radius 1 is 0.949 bits per heavy atom. The van der Waals surface area contributed by atoms with Crippen molar-refractivity contribution in [2.45, 2.75) is 76.3 Å². The highest BCUT2D eigenvalue weighted by atomic mass is 19.4. The van der Waals surface area contributed by atoms with Crippen molar-refractivity contribution >= 4 is 17.7 Å². The Hall–Kier alpha value is -3.57. The molecular weight excluding hydrogens is 528 g/mol. The van der Waals surface area contributed by atoms with Gasteiger partial charge in [0.1, 0.15) is 23.0 Å². The monoisotopic (exact) mass is 555 g/mol. The van der Waals surface area contributed by atoms with E-state index in [9.17, 15) is 36.3 Å². The van der Waals surface area contributed by atoms with Gasteiger partial charge in [0.25, 0.3) is 11.8 Å². The van der Waals surface area contributed by atoms with Crippen LogP contribution in [-0.2, 0) is 11.0 Å². The molecule has 210 valence electrons. The fourth-order valence-electron chi connectivity index (χ4n) is 4.91. The molecule has 1 aliphatic carbocycles. The second kappa shape index (κ2) is 10.2. The van der Waals surface area contributed by atoms with E-state index >= 15 is 4.39 Å². The van der Waals surface area contributed by atoms with Gasteiger partial charge in [-0.1, -0.05) is 0 Å². The summed E-state index contributed by atoms with van der Waals surface area (Å²) in [4.78, 5) is 39.9. The van der Waals surface area contributed by atoms with Crippen LogP contribution in [0.3, 0.4) is 0 Å². The van der Waals surface area contributed by atoms with Gasteiger partial charge in [-0.05, 0) is 76.8 Å². The number of halogens is 6. The fraction of sp³-hybridized carbons (Fsp3) is 0.444. The Kier molecular flexibility index (Phi) is 7.44. The zero-order valence-electron chi connectivity index (χ0n) is 21.4. The topological polar surface area (TPSA) is 78.5 Å². The molecule has 39 heavy (non-hydrogen) atoms. The molecule has 6 nitrogen and oxygen atoms in total. The van der Waals surface area contributed by atoms with Gasteiger partial charge in [0.05, 0.1) is 17.2 Å². The van der Waals surface area contributed by atoms with Crippen LogP contribution >= 0.6 is 0 Å². The average Bonchev–Trinajstić information content (AvgIpc) is 3.55. The van der Waals surface area contributed by atoms with Crippen molar-refractivity contribution in [3.05, 3.63) is 70.0 Å². The number of rotatable bonds is 6. The summed E-state index contributed by atoms with van der Waals surface area (Å²) >= 11 is 0. The van der Waals surface area contributed by atoms with Crippen molar-refractivity contribution < 1.29 is 40.7 Å². The highest BCUT2D eigenvalue weighted by molar-refractivity contribution is 6.01. The number of carbonyl (C=O) groups is 3. The summed E-state index contributed by atoms with van der Waals surface area (Å²) in [5.41, 5.74) is -4.13. The minimum atomic E-state index is -4.88. The summed E-state index contributed by atoms with van der Waals surface area (Å²) < 4.78 is 82.6. The lowest BCUT2D eigenvalue weighted by atomic mass is 10.0. The Labute approximate surface area is 220 Å². The molecule has 1 aliphatic heterocycles. The van der Waals surface area contributed by atoms with E-state index in [2.05, 4.69) is 10.6 Å². The summed E-state index contributed by atoms with van der Waals surface area (Å²) in [6, 6.07) is 1.64. The lowest BCUT2D eigenvalue weighted by Crippen LogP contribution is -2.49. The molecule has 4 rings (SSSR count). The third-order valence-electron chi connectivity index (χ3n) is 7.34. The number of nitrogens with one attached hydrogen (secondary N) is 2. The van der Waals surface area contributed by atoms with Gasteiger partial charge < -0.3 is 15.5 Å². The molecule has 1 heterocycles. The second-order valence-corrected chi connectivity index (χ2v) is 10.3. The normalized spacial score (nSPS) is 20.9. The number of hydrogen-bond donors (Lipinski definition) is 2. The minimum absolute atomic E-state index is 0.120. The number of hydrogen-bond acceptors (Lipinski definition) is 3. The second-order valence-electron chi connectivity index (χ2n) is 10.3. The molecule has 12 heteroatoms. The largest absolute Gasteiger partial charge is 0.416 e. The van der Waals surface area contributed by atoms with Crippen molar-refractivity contribution in [2.24, 2.45) is 0 Å². The van der Waals surface area contributed by atoms with E-state index in [0.717, 1.165) is 25.0 Å². The third-order valence-corrected chi connectivity index (χ3v) is 7.34. The molecule has 2 N–H and O–H groups in total. The van der Waals surface area contributed by atoms with Gasteiger partial charge in [-0.15, -0.1) is 0 Å². The van der Waals surface area contributed by atoms with Gasteiger partial charge in [-0.2, -0.15) is 13.2 Å². The Morgan fingerprint density at radius 3 is 2.13 bits per heavy atom. The first-order valence-electron chi connectivity index (χ1n) is 12.5. The van der Waals surface area contributed by atoms with Crippen molar-refractivity contribution in [3.8, 4) is 0 Å². The van der Waals surface area contributed by atoms with Crippen LogP contribution in [0.5, 0.6) is 0 Å². The van der Waals surface area contributed by atoms with Crippen molar-refractivity contribution in [2.75, 3.05) is 0 Å². The number of benzene rings is 2. The van der Waals surface area contributed by atoms with Gasteiger partial charge >= 0.3 is 6.18 Å². The molecule has 2 aliphatic rings. The predicted octanol–water partition coefficient (Wildman–Crippen LogP) is 5.28. The van der Waals surface area contributed by atoms with Crippen molar-refractivity contribution in [1.82, 2.24) is 15.5 Å². The summed E-state index contributed by atoms with van der Waals surface area (Å²) in [5.74, 6) is -5.63. The Bertz CT molecular complexity index is 1310. The molecule has 3 amide bonds. The van der Waals surface area contributed by atoms with E-state index in [-0.39, 0.29) is 36.6 Å². The number of nitrogens with zero attached hydrogens (tertiary/aromatic N) is 1. The molecule has 0 spiro atoms. The first kappa shape index (κ1) is 28.4. The van der Waals surface area contributed by atoms with Crippen LogP contribution in [0, 0.1) is 17.5 Å². The SMILES string of the molecule is CC1CCC(C)N1C(=O)c1cc(F)c([C@@H](C)NC(=O)C2(NC(=O)c3cc(F)cc(C(F)(F)F)c3)CC2)cc1F. The fourth-order valence-corrected chi connectivity index (χ4v) is 4.91. The minimum Gasteiger partial charge on any atom is -0.347 e. The van der Waals surface area contributed by atoms with Crippen LogP contribution < -0.4 is 10.6 Å². The highest BCUT2D eigenvalue weighted by Crippen LogP contribution is 2.37. The first-order valence-corrected chi connectivity index (χ1v) is 12.5. The van der Waals surface area contributed by atoms with Gasteiger partial charge in [-0.25, -0.2) is 13.2 Å². The predicted molar refractivity (Wildman–Crippen MR) is 128 cm³/mol. The standard InChI is InChI=1S/C27H27F6N3O3/c1-13-4-5-14(2)36(13)24(38)20-12-21(29)19(11-22(20)30)15(3)34-25(39)26(6-7-26)35-23(37)16-8-17(27(31,32)33)10-18(28)9-16/h8-15H,4-7H2,1-3H3,(H,34,39)(H,35,37)/t13?,14?,15-/m1/s1. The Balaban J connectivity index is 1.47. The molecule has 0 radical (unpaired) electrons. The summed E-state index contributed by atoms with van der Waals surface area (Å²) in [6.45, 7) is 5.04. The van der Waals surface area contributed by atoms with Crippen LogP contribution in [0.4, 0.5) is 26.3 Å². The van der Waals surface area contributed by atoms with Crippen LogP contribution in [0.25, 0.3) is 0 Å². The van der Waals surface area contributed by atoms with E-state index in [1.807, 2.05) is 13.8 Å². The summed E-state index contributed by atoms with van der Waals surface area (Å²) in [5, 5.41) is 4.81. The maximum absolute atomic E-state index is 15.0. The quantitative estimate of drug-likeness (QED) is 0.477.